The van der Waals surface area contributed by atoms with E-state index in [1.807, 2.05) is 0 Å². The van der Waals surface area contributed by atoms with Gasteiger partial charge in [0.25, 0.3) is 5.91 Å². The van der Waals surface area contributed by atoms with Gasteiger partial charge in [0.15, 0.2) is 0 Å². The van der Waals surface area contributed by atoms with Gasteiger partial charge in [-0.25, -0.2) is 0 Å². The van der Waals surface area contributed by atoms with E-state index in [0.717, 1.165) is 6.42 Å². The van der Waals surface area contributed by atoms with Crippen molar-refractivity contribution < 1.29 is 13.6 Å². The maximum absolute atomic E-state index is 14.3. The molecule has 2 unspecified atom stereocenters. The van der Waals surface area contributed by atoms with Gasteiger partial charge in [-0.15, -0.1) is 0 Å². The van der Waals surface area contributed by atoms with Gasteiger partial charge < -0.3 is 10.6 Å². The molecular weight excluding hydrogens is 262 g/mol. The van der Waals surface area contributed by atoms with Crippen molar-refractivity contribution in [2.24, 2.45) is 11.7 Å². The number of likely N-dealkylation sites (tertiary alicyclic amines) is 1. The number of nitrogens with zero attached hydrogens (tertiary/aromatic N) is 1. The van der Waals surface area contributed by atoms with Crippen molar-refractivity contribution in [3.63, 3.8) is 0 Å². The molecule has 2 rings (SSSR count). The van der Waals surface area contributed by atoms with Crippen molar-refractivity contribution >= 4 is 5.91 Å². The first-order valence-corrected chi connectivity index (χ1v) is 6.91. The van der Waals surface area contributed by atoms with E-state index in [-0.39, 0.29) is 18.2 Å². The molecule has 110 valence electrons. The number of benzene rings is 1. The molecule has 2 atom stereocenters. The van der Waals surface area contributed by atoms with Gasteiger partial charge in [0, 0.05) is 24.7 Å². The average molecular weight is 282 g/mol. The summed E-state index contributed by atoms with van der Waals surface area (Å²) in [6.07, 6.45) is 1.43. The standard InChI is InChI=1S/C15H20F2N2O/c1-11-7-8-19(13(9-11)10-18)14(20)15(16,17)12-5-3-2-4-6-12/h2-6,11,13H,7-10,18H2,1H3. The zero-order valence-corrected chi connectivity index (χ0v) is 11.6. The monoisotopic (exact) mass is 282 g/mol. The molecule has 2 N–H and O–H groups in total. The largest absolute Gasteiger partial charge is 0.349 e. The number of carbonyl (C=O) groups is 1. The number of hydrogen-bond acceptors (Lipinski definition) is 2. The van der Waals surface area contributed by atoms with Crippen molar-refractivity contribution in [1.82, 2.24) is 4.90 Å². The minimum atomic E-state index is -3.49. The van der Waals surface area contributed by atoms with Crippen molar-refractivity contribution in [3.05, 3.63) is 35.9 Å². The Morgan fingerprint density at radius 3 is 2.65 bits per heavy atom. The van der Waals surface area contributed by atoms with Gasteiger partial charge in [-0.3, -0.25) is 4.79 Å². The molecule has 0 aromatic heterocycles. The highest BCUT2D eigenvalue weighted by Crippen LogP contribution is 2.33. The van der Waals surface area contributed by atoms with E-state index in [0.29, 0.717) is 18.9 Å². The van der Waals surface area contributed by atoms with Crippen LogP contribution in [-0.4, -0.2) is 29.9 Å². The molecule has 0 saturated carbocycles. The summed E-state index contributed by atoms with van der Waals surface area (Å²) in [6.45, 7) is 2.63. The number of alkyl halides is 2. The van der Waals surface area contributed by atoms with Gasteiger partial charge in [-0.2, -0.15) is 8.78 Å². The van der Waals surface area contributed by atoms with Crippen molar-refractivity contribution in [2.75, 3.05) is 13.1 Å². The fraction of sp³-hybridized carbons (Fsp3) is 0.533. The smallest absolute Gasteiger partial charge is 0.333 e. The Bertz CT molecular complexity index is 464. The van der Waals surface area contributed by atoms with Crippen LogP contribution in [0.2, 0.25) is 0 Å². The lowest BCUT2D eigenvalue weighted by molar-refractivity contribution is -0.163. The lowest BCUT2D eigenvalue weighted by Crippen LogP contribution is -2.53. The van der Waals surface area contributed by atoms with Crippen molar-refractivity contribution in [2.45, 2.75) is 31.7 Å². The Kier molecular flexibility index (Phi) is 4.38. The van der Waals surface area contributed by atoms with Crippen LogP contribution < -0.4 is 5.73 Å². The van der Waals surface area contributed by atoms with Gasteiger partial charge >= 0.3 is 5.92 Å². The maximum atomic E-state index is 14.3. The molecule has 1 aromatic carbocycles. The van der Waals surface area contributed by atoms with E-state index < -0.39 is 11.8 Å². The minimum Gasteiger partial charge on any atom is -0.333 e. The van der Waals surface area contributed by atoms with Crippen LogP contribution in [0.3, 0.4) is 0 Å². The second-order valence-corrected chi connectivity index (χ2v) is 5.46. The summed E-state index contributed by atoms with van der Waals surface area (Å²) in [7, 11) is 0. The number of piperidine rings is 1. The molecule has 5 heteroatoms. The van der Waals surface area contributed by atoms with Crippen molar-refractivity contribution in [3.8, 4) is 0 Å². The first-order valence-electron chi connectivity index (χ1n) is 6.91. The Morgan fingerprint density at radius 2 is 2.05 bits per heavy atom. The second-order valence-electron chi connectivity index (χ2n) is 5.46. The molecule has 0 aliphatic carbocycles. The summed E-state index contributed by atoms with van der Waals surface area (Å²) in [4.78, 5) is 13.5. The molecule has 1 saturated heterocycles. The first-order chi connectivity index (χ1) is 9.46. The third-order valence-electron chi connectivity index (χ3n) is 3.92. The average Bonchev–Trinajstić information content (AvgIpc) is 2.47. The quantitative estimate of drug-likeness (QED) is 0.925. The van der Waals surface area contributed by atoms with Crippen LogP contribution in [0, 0.1) is 5.92 Å². The fourth-order valence-electron chi connectivity index (χ4n) is 2.69. The van der Waals surface area contributed by atoms with E-state index >= 15 is 0 Å². The van der Waals surface area contributed by atoms with Crippen LogP contribution in [0.15, 0.2) is 30.3 Å². The van der Waals surface area contributed by atoms with Crippen molar-refractivity contribution in [1.29, 1.82) is 0 Å². The van der Waals surface area contributed by atoms with Crippen LogP contribution in [0.25, 0.3) is 0 Å². The number of amides is 1. The van der Waals surface area contributed by atoms with E-state index in [4.69, 9.17) is 5.73 Å². The van der Waals surface area contributed by atoms with Crippen LogP contribution in [-0.2, 0) is 10.7 Å². The summed E-state index contributed by atoms with van der Waals surface area (Å²) in [5.74, 6) is -4.21. The molecule has 1 aliphatic rings. The molecule has 1 heterocycles. The Morgan fingerprint density at radius 1 is 1.40 bits per heavy atom. The van der Waals surface area contributed by atoms with E-state index in [9.17, 15) is 13.6 Å². The summed E-state index contributed by atoms with van der Waals surface area (Å²) in [6, 6.07) is 6.93. The molecule has 1 fully saturated rings. The van der Waals surface area contributed by atoms with Gasteiger partial charge in [-0.1, -0.05) is 37.3 Å². The van der Waals surface area contributed by atoms with Gasteiger partial charge in [0.05, 0.1) is 0 Å². The van der Waals surface area contributed by atoms with E-state index in [2.05, 4.69) is 6.92 Å². The third kappa shape index (κ3) is 2.82. The minimum absolute atomic E-state index is 0.223. The summed E-state index contributed by atoms with van der Waals surface area (Å²) in [5, 5.41) is 0. The zero-order chi connectivity index (χ0) is 14.8. The Hall–Kier alpha value is -1.49. The first kappa shape index (κ1) is 14.9. The van der Waals surface area contributed by atoms with Crippen LogP contribution in [0.4, 0.5) is 8.78 Å². The lowest BCUT2D eigenvalue weighted by Gasteiger charge is -2.39. The predicted octanol–water partition coefficient (Wildman–Crippen LogP) is 2.36. The normalized spacial score (nSPS) is 23.7. The summed E-state index contributed by atoms with van der Waals surface area (Å²) < 4.78 is 28.6. The zero-order valence-electron chi connectivity index (χ0n) is 11.6. The second kappa shape index (κ2) is 5.87. The maximum Gasteiger partial charge on any atom is 0.349 e. The van der Waals surface area contributed by atoms with E-state index in [1.54, 1.807) is 6.07 Å². The number of rotatable bonds is 3. The highest BCUT2D eigenvalue weighted by Gasteiger charge is 2.46. The SMILES string of the molecule is CC1CCN(C(=O)C(F)(F)c2ccccc2)C(CN)C1. The molecule has 1 amide bonds. The number of carbonyl (C=O) groups excluding carboxylic acids is 1. The highest BCUT2D eigenvalue weighted by molar-refractivity contribution is 5.85. The summed E-state index contributed by atoms with van der Waals surface area (Å²) >= 11 is 0. The number of hydrogen-bond donors (Lipinski definition) is 1. The molecule has 1 aliphatic heterocycles. The molecule has 0 spiro atoms. The molecule has 0 bridgehead atoms. The molecule has 20 heavy (non-hydrogen) atoms. The number of halogens is 2. The van der Waals surface area contributed by atoms with Crippen LogP contribution in [0.5, 0.6) is 0 Å². The van der Waals surface area contributed by atoms with Gasteiger partial charge in [-0.05, 0) is 18.8 Å². The van der Waals surface area contributed by atoms with E-state index in [1.165, 1.54) is 29.2 Å². The lowest BCUT2D eigenvalue weighted by atomic mass is 9.91. The molecular formula is C15H20F2N2O. The fourth-order valence-corrected chi connectivity index (χ4v) is 2.69. The number of nitrogens with two attached hydrogens (primary N) is 1. The van der Waals surface area contributed by atoms with Crippen LogP contribution >= 0.6 is 0 Å². The molecule has 0 radical (unpaired) electrons. The summed E-state index contributed by atoms with van der Waals surface area (Å²) in [5.41, 5.74) is 5.37. The Labute approximate surface area is 117 Å². The molecule has 3 nitrogen and oxygen atoms in total. The topological polar surface area (TPSA) is 46.3 Å². The third-order valence-corrected chi connectivity index (χ3v) is 3.92. The molecule has 1 aromatic rings. The Balaban J connectivity index is 2.21. The highest BCUT2D eigenvalue weighted by atomic mass is 19.3. The predicted molar refractivity (Wildman–Crippen MR) is 73.3 cm³/mol. The van der Waals surface area contributed by atoms with Gasteiger partial charge in [0.2, 0.25) is 0 Å². The van der Waals surface area contributed by atoms with Crippen LogP contribution in [0.1, 0.15) is 25.3 Å². The van der Waals surface area contributed by atoms with Gasteiger partial charge in [0.1, 0.15) is 0 Å².